The van der Waals surface area contributed by atoms with Gasteiger partial charge in [-0.25, -0.2) is 5.06 Å². The average Bonchev–Trinajstić information content (AvgIpc) is 3.50. The summed E-state index contributed by atoms with van der Waals surface area (Å²) in [5, 5.41) is 33.8. The lowest BCUT2D eigenvalue weighted by Gasteiger charge is -2.29. The maximum atomic E-state index is 13.0. The molecule has 0 radical (unpaired) electrons. The number of nitrogens with zero attached hydrogens (tertiary/aromatic N) is 2. The molecule has 0 aliphatic carbocycles. The molecule has 0 aliphatic rings. The van der Waals surface area contributed by atoms with Crippen LogP contribution >= 0.6 is 0 Å². The van der Waals surface area contributed by atoms with E-state index in [2.05, 4.69) is 10.6 Å². The summed E-state index contributed by atoms with van der Waals surface area (Å²) in [6.45, 7) is 3.68. The summed E-state index contributed by atoms with van der Waals surface area (Å²) in [4.78, 5) is 72.8. The van der Waals surface area contributed by atoms with Gasteiger partial charge in [0.15, 0.2) is 5.76 Å². The van der Waals surface area contributed by atoms with Gasteiger partial charge in [-0.2, -0.15) is 0 Å². The smallest absolute Gasteiger partial charge is 0.323 e. The van der Waals surface area contributed by atoms with Crippen LogP contribution < -0.4 is 15.4 Å². The number of carboxylic acid groups (broad SMARTS) is 2. The average molecular weight is 633 g/mol. The van der Waals surface area contributed by atoms with Crippen LogP contribution in [0.4, 0.5) is 0 Å². The lowest BCUT2D eigenvalue weighted by atomic mass is 9.90. The third-order valence-electron chi connectivity index (χ3n) is 6.86. The molecule has 5 N–H and O–H groups in total. The van der Waals surface area contributed by atoms with Gasteiger partial charge in [-0.1, -0.05) is 39.2 Å². The number of rotatable bonds is 20. The highest BCUT2D eigenvalue weighted by molar-refractivity contribution is 6.00. The van der Waals surface area contributed by atoms with Crippen molar-refractivity contribution < 1.29 is 53.3 Å². The van der Waals surface area contributed by atoms with Crippen molar-refractivity contribution in [3.05, 3.63) is 41.7 Å². The van der Waals surface area contributed by atoms with E-state index in [0.717, 1.165) is 19.3 Å². The molecule has 2 atom stereocenters. The van der Waals surface area contributed by atoms with Gasteiger partial charge in [-0.15, -0.1) is 0 Å². The number of ether oxygens (including phenoxy) is 1. The summed E-state index contributed by atoms with van der Waals surface area (Å²) >= 11 is 0. The van der Waals surface area contributed by atoms with Crippen LogP contribution in [0.25, 0.3) is 11.3 Å². The van der Waals surface area contributed by atoms with Gasteiger partial charge in [-0.3, -0.25) is 34.0 Å². The van der Waals surface area contributed by atoms with Crippen molar-refractivity contribution in [2.45, 2.75) is 58.9 Å². The summed E-state index contributed by atoms with van der Waals surface area (Å²) in [5.74, 6) is -5.16. The van der Waals surface area contributed by atoms with Gasteiger partial charge in [0, 0.05) is 5.56 Å². The molecule has 0 spiro atoms. The van der Waals surface area contributed by atoms with Crippen molar-refractivity contribution in [3.63, 3.8) is 0 Å². The molecular formula is C30H40N4O11. The van der Waals surface area contributed by atoms with Gasteiger partial charge in [-0.05, 0) is 44.0 Å². The van der Waals surface area contributed by atoms with E-state index in [0.29, 0.717) is 28.4 Å². The fourth-order valence-corrected chi connectivity index (χ4v) is 4.72. The number of benzene rings is 1. The number of furan rings is 1. The lowest BCUT2D eigenvalue weighted by molar-refractivity contribution is -0.168. The van der Waals surface area contributed by atoms with Crippen LogP contribution in [-0.2, 0) is 19.2 Å². The highest BCUT2D eigenvalue weighted by Gasteiger charge is 2.31. The van der Waals surface area contributed by atoms with Crippen LogP contribution in [0.15, 0.2) is 34.7 Å². The number of unbranched alkanes of at least 4 members (excludes halogenated alkanes) is 2. The van der Waals surface area contributed by atoms with Gasteiger partial charge < -0.3 is 34.9 Å². The van der Waals surface area contributed by atoms with Gasteiger partial charge in [0.05, 0.1) is 30.8 Å². The van der Waals surface area contributed by atoms with E-state index in [1.807, 2.05) is 6.92 Å². The highest BCUT2D eigenvalue weighted by atomic mass is 16.5. The summed E-state index contributed by atoms with van der Waals surface area (Å²) in [5.41, 5.74) is 0.355. The fourth-order valence-electron chi connectivity index (χ4n) is 4.72. The Morgan fingerprint density at radius 2 is 1.67 bits per heavy atom. The molecule has 45 heavy (non-hydrogen) atoms. The second kappa shape index (κ2) is 18.0. The Hall–Kier alpha value is -4.92. The Bertz CT molecular complexity index is 1330. The molecule has 0 saturated heterocycles. The van der Waals surface area contributed by atoms with E-state index < -0.39 is 54.7 Å². The first-order valence-electron chi connectivity index (χ1n) is 14.5. The van der Waals surface area contributed by atoms with E-state index in [9.17, 15) is 34.0 Å². The minimum atomic E-state index is -1.38. The molecule has 1 heterocycles. The molecule has 0 bridgehead atoms. The summed E-state index contributed by atoms with van der Waals surface area (Å²) < 4.78 is 11.2. The van der Waals surface area contributed by atoms with E-state index in [1.165, 1.54) is 30.3 Å². The van der Waals surface area contributed by atoms with Gasteiger partial charge >= 0.3 is 11.9 Å². The molecular weight excluding hydrogens is 592 g/mol. The molecule has 0 aliphatic heterocycles. The Balaban J connectivity index is 2.15. The molecule has 0 fully saturated rings. The van der Waals surface area contributed by atoms with Gasteiger partial charge in [0.25, 0.3) is 11.8 Å². The molecule has 2 aromatic rings. The molecule has 246 valence electrons. The van der Waals surface area contributed by atoms with E-state index in [-0.39, 0.29) is 42.5 Å². The minimum Gasteiger partial charge on any atom is -0.493 e. The summed E-state index contributed by atoms with van der Waals surface area (Å²) in [6, 6.07) is 6.46. The SMILES string of the molecule is CCCCC[C@@H](C(=O)NCNC(=O)c1ccc(-c2ccc(C(=O)N(CC(=O)O)CC(=O)O)c(OCC)c2)o1)[C@@H](CC)N(O)C=O. The Morgan fingerprint density at radius 3 is 2.24 bits per heavy atom. The zero-order chi connectivity index (χ0) is 33.5. The van der Waals surface area contributed by atoms with E-state index >= 15 is 0 Å². The van der Waals surface area contributed by atoms with Crippen molar-refractivity contribution in [2.75, 3.05) is 26.4 Å². The Morgan fingerprint density at radius 1 is 0.978 bits per heavy atom. The van der Waals surface area contributed by atoms with Crippen LogP contribution in [0, 0.1) is 5.92 Å². The second-order valence-electron chi connectivity index (χ2n) is 10.0. The number of carbonyl (C=O) groups excluding carboxylic acids is 4. The molecule has 1 aromatic carbocycles. The quantitative estimate of drug-likeness (QED) is 0.0470. The van der Waals surface area contributed by atoms with Gasteiger partial charge in [0.1, 0.15) is 24.6 Å². The van der Waals surface area contributed by atoms with Crippen LogP contribution in [0.1, 0.15) is 73.8 Å². The van der Waals surface area contributed by atoms with E-state index in [4.69, 9.17) is 19.4 Å². The largest absolute Gasteiger partial charge is 0.493 e. The zero-order valence-corrected chi connectivity index (χ0v) is 25.5. The molecule has 4 amide bonds. The number of carbonyl (C=O) groups is 6. The highest BCUT2D eigenvalue weighted by Crippen LogP contribution is 2.30. The number of hydrogen-bond donors (Lipinski definition) is 5. The van der Waals surface area contributed by atoms with Crippen LogP contribution in [0.5, 0.6) is 5.75 Å². The minimum absolute atomic E-state index is 0.0563. The first kappa shape index (κ1) is 36.3. The summed E-state index contributed by atoms with van der Waals surface area (Å²) in [7, 11) is 0. The zero-order valence-electron chi connectivity index (χ0n) is 25.5. The first-order chi connectivity index (χ1) is 21.5. The monoisotopic (exact) mass is 632 g/mol. The lowest BCUT2D eigenvalue weighted by Crippen LogP contribution is -2.47. The van der Waals surface area contributed by atoms with Crippen LogP contribution in [0.3, 0.4) is 0 Å². The van der Waals surface area contributed by atoms with Crippen molar-refractivity contribution in [2.24, 2.45) is 5.92 Å². The Labute approximate surface area is 260 Å². The third-order valence-corrected chi connectivity index (χ3v) is 6.86. The first-order valence-corrected chi connectivity index (χ1v) is 14.5. The molecule has 1 aromatic heterocycles. The summed E-state index contributed by atoms with van der Waals surface area (Å²) in [6.07, 6.45) is 3.59. The maximum absolute atomic E-state index is 13.0. The number of hydroxylamine groups is 2. The predicted octanol–water partition coefficient (Wildman–Crippen LogP) is 2.58. The topological polar surface area (TPSA) is 216 Å². The van der Waals surface area contributed by atoms with Crippen molar-refractivity contribution in [3.8, 4) is 17.1 Å². The van der Waals surface area contributed by atoms with E-state index in [1.54, 1.807) is 13.8 Å². The third kappa shape index (κ3) is 10.6. The number of amides is 4. The standard InChI is InChI=1S/C30H40N4O11/c1-4-7-8-9-20(22(5-2)34(43)18-35)28(40)31-17-32-29(41)24-13-12-23(45-24)19-10-11-21(25(14-19)44-6-3)30(42)33(15-26(36)37)16-27(38)39/h10-14,18,20,22,43H,4-9,15-17H2,1-3H3,(H,31,40)(H,32,41)(H,36,37)(H,38,39)/t20-,22-/m1/s1. The maximum Gasteiger partial charge on any atom is 0.323 e. The number of nitrogens with one attached hydrogen (secondary N) is 2. The number of aliphatic carboxylic acids is 2. The molecule has 2 rings (SSSR count). The van der Waals surface area contributed by atoms with Crippen molar-refractivity contribution in [1.82, 2.24) is 20.6 Å². The van der Waals surface area contributed by atoms with Gasteiger partial charge in [0.2, 0.25) is 12.3 Å². The van der Waals surface area contributed by atoms with Crippen molar-refractivity contribution >= 4 is 36.1 Å². The molecule has 0 unspecified atom stereocenters. The van der Waals surface area contributed by atoms with Crippen LogP contribution in [-0.4, -0.2) is 93.9 Å². The van der Waals surface area contributed by atoms with Crippen molar-refractivity contribution in [1.29, 1.82) is 0 Å². The normalized spacial score (nSPS) is 12.0. The number of hydrogen-bond acceptors (Lipinski definition) is 9. The fraction of sp³-hybridized carbons (Fsp3) is 0.467. The predicted molar refractivity (Wildman–Crippen MR) is 158 cm³/mol. The molecule has 0 saturated carbocycles. The second-order valence-corrected chi connectivity index (χ2v) is 10.0. The number of carboxylic acids is 2. The molecule has 15 nitrogen and oxygen atoms in total. The Kier molecular flexibility index (Phi) is 14.5. The van der Waals surface area contributed by atoms with Crippen LogP contribution in [0.2, 0.25) is 0 Å². The molecule has 15 heteroatoms.